The third-order valence-electron chi connectivity index (χ3n) is 4.72. The van der Waals surface area contributed by atoms with Crippen molar-refractivity contribution >= 4 is 29.1 Å². The number of primary amides is 1. The second-order valence-corrected chi connectivity index (χ2v) is 7.94. The van der Waals surface area contributed by atoms with E-state index in [-0.39, 0.29) is 24.2 Å². The molecule has 3 rings (SSSR count). The van der Waals surface area contributed by atoms with E-state index in [9.17, 15) is 18.8 Å². The Hall–Kier alpha value is -3.52. The molecule has 2 aromatic carbocycles. The zero-order chi connectivity index (χ0) is 22.2. The van der Waals surface area contributed by atoms with Crippen LogP contribution in [0.2, 0.25) is 0 Å². The molecular formula is C23H22FN3O3S. The highest BCUT2D eigenvalue weighted by Crippen LogP contribution is 2.11. The van der Waals surface area contributed by atoms with E-state index in [1.165, 1.54) is 23.5 Å². The Morgan fingerprint density at radius 3 is 2.19 bits per heavy atom. The third kappa shape index (κ3) is 6.48. The molecule has 31 heavy (non-hydrogen) atoms. The van der Waals surface area contributed by atoms with Gasteiger partial charge in [0, 0.05) is 18.7 Å². The molecule has 0 aliphatic rings. The standard InChI is InChI=1S/C23H22FN3O3S/c24-19-9-5-15(6-10-19)12-18(21(25)28)14-27-22(29)17-7-3-16(4-8-17)13-26-23(30)20-2-1-11-31-20/h1-11,18H,12-14H2,(H2,25,28)(H,26,30)(H,27,29). The summed E-state index contributed by atoms with van der Waals surface area (Å²) in [6.45, 7) is 0.421. The molecule has 0 saturated heterocycles. The molecule has 0 saturated carbocycles. The van der Waals surface area contributed by atoms with Gasteiger partial charge in [0.1, 0.15) is 5.82 Å². The van der Waals surface area contributed by atoms with Crippen LogP contribution >= 0.6 is 11.3 Å². The highest BCUT2D eigenvalue weighted by molar-refractivity contribution is 7.12. The maximum absolute atomic E-state index is 13.0. The first-order valence-electron chi connectivity index (χ1n) is 9.65. The molecule has 1 heterocycles. The van der Waals surface area contributed by atoms with Crippen molar-refractivity contribution < 1.29 is 18.8 Å². The Labute approximate surface area is 183 Å². The van der Waals surface area contributed by atoms with Crippen LogP contribution in [0.5, 0.6) is 0 Å². The van der Waals surface area contributed by atoms with Crippen LogP contribution in [0.4, 0.5) is 4.39 Å². The molecule has 0 aliphatic carbocycles. The van der Waals surface area contributed by atoms with Gasteiger partial charge in [0.2, 0.25) is 5.91 Å². The van der Waals surface area contributed by atoms with Crippen molar-refractivity contribution in [2.45, 2.75) is 13.0 Å². The second kappa shape index (κ2) is 10.5. The second-order valence-electron chi connectivity index (χ2n) is 7.00. The molecule has 160 valence electrons. The summed E-state index contributed by atoms with van der Waals surface area (Å²) < 4.78 is 13.0. The topological polar surface area (TPSA) is 101 Å². The minimum atomic E-state index is -0.610. The number of hydrogen-bond acceptors (Lipinski definition) is 4. The first-order chi connectivity index (χ1) is 14.9. The van der Waals surface area contributed by atoms with Crippen molar-refractivity contribution in [1.82, 2.24) is 10.6 Å². The van der Waals surface area contributed by atoms with Crippen LogP contribution in [0.25, 0.3) is 0 Å². The van der Waals surface area contributed by atoms with Crippen molar-refractivity contribution in [1.29, 1.82) is 0 Å². The number of hydrogen-bond donors (Lipinski definition) is 3. The predicted molar refractivity (Wildman–Crippen MR) is 117 cm³/mol. The average molecular weight is 440 g/mol. The van der Waals surface area contributed by atoms with E-state index in [4.69, 9.17) is 5.73 Å². The first kappa shape index (κ1) is 22.2. The van der Waals surface area contributed by atoms with E-state index in [0.29, 0.717) is 23.4 Å². The van der Waals surface area contributed by atoms with Gasteiger partial charge < -0.3 is 16.4 Å². The van der Waals surface area contributed by atoms with E-state index < -0.39 is 11.8 Å². The van der Waals surface area contributed by atoms with Gasteiger partial charge in [-0.2, -0.15) is 0 Å². The summed E-state index contributed by atoms with van der Waals surface area (Å²) in [6, 6.07) is 16.2. The Bertz CT molecular complexity index is 1030. The maximum atomic E-state index is 13.0. The molecule has 1 unspecified atom stereocenters. The highest BCUT2D eigenvalue weighted by atomic mass is 32.1. The molecule has 0 bridgehead atoms. The zero-order valence-electron chi connectivity index (χ0n) is 16.6. The fourth-order valence-electron chi connectivity index (χ4n) is 2.95. The molecule has 3 aromatic rings. The summed E-state index contributed by atoms with van der Waals surface area (Å²) in [4.78, 5) is 36.8. The molecule has 0 radical (unpaired) electrons. The van der Waals surface area contributed by atoms with Crippen LogP contribution in [0.3, 0.4) is 0 Å². The SMILES string of the molecule is NC(=O)C(CNC(=O)c1ccc(CNC(=O)c2cccs2)cc1)Cc1ccc(F)cc1. The number of nitrogens with one attached hydrogen (secondary N) is 2. The summed E-state index contributed by atoms with van der Waals surface area (Å²) in [5.41, 5.74) is 7.50. The van der Waals surface area contributed by atoms with Crippen molar-refractivity contribution in [3.05, 3.63) is 93.4 Å². The summed E-state index contributed by atoms with van der Waals surface area (Å²) in [6.07, 6.45) is 0.304. The smallest absolute Gasteiger partial charge is 0.261 e. The van der Waals surface area contributed by atoms with E-state index in [0.717, 1.165) is 11.1 Å². The van der Waals surface area contributed by atoms with Crippen LogP contribution in [-0.2, 0) is 17.8 Å². The lowest BCUT2D eigenvalue weighted by Crippen LogP contribution is -2.37. The van der Waals surface area contributed by atoms with Crippen LogP contribution in [0.1, 0.15) is 31.2 Å². The zero-order valence-corrected chi connectivity index (χ0v) is 17.5. The van der Waals surface area contributed by atoms with Gasteiger partial charge in [-0.15, -0.1) is 11.3 Å². The molecule has 1 atom stereocenters. The Morgan fingerprint density at radius 2 is 1.58 bits per heavy atom. The molecule has 8 heteroatoms. The lowest BCUT2D eigenvalue weighted by molar-refractivity contribution is -0.121. The number of carbonyl (C=O) groups excluding carboxylic acids is 3. The summed E-state index contributed by atoms with van der Waals surface area (Å²) in [5.74, 6) is -1.99. The highest BCUT2D eigenvalue weighted by Gasteiger charge is 2.18. The predicted octanol–water partition coefficient (Wildman–Crippen LogP) is 2.89. The number of halogens is 1. The number of rotatable bonds is 9. The quantitative estimate of drug-likeness (QED) is 0.478. The van der Waals surface area contributed by atoms with Gasteiger partial charge in [0.15, 0.2) is 0 Å². The van der Waals surface area contributed by atoms with E-state index in [1.54, 1.807) is 42.5 Å². The van der Waals surface area contributed by atoms with Gasteiger partial charge in [-0.25, -0.2) is 4.39 Å². The van der Waals surface area contributed by atoms with Gasteiger partial charge in [-0.05, 0) is 53.3 Å². The number of benzene rings is 2. The lowest BCUT2D eigenvalue weighted by atomic mass is 9.98. The van der Waals surface area contributed by atoms with Gasteiger partial charge >= 0.3 is 0 Å². The largest absolute Gasteiger partial charge is 0.369 e. The van der Waals surface area contributed by atoms with Crippen molar-refractivity contribution in [2.75, 3.05) is 6.54 Å². The van der Waals surface area contributed by atoms with E-state index in [2.05, 4.69) is 10.6 Å². The Morgan fingerprint density at radius 1 is 0.903 bits per heavy atom. The van der Waals surface area contributed by atoms with Gasteiger partial charge in [-0.3, -0.25) is 14.4 Å². The van der Waals surface area contributed by atoms with Crippen LogP contribution < -0.4 is 16.4 Å². The molecule has 6 nitrogen and oxygen atoms in total. The summed E-state index contributed by atoms with van der Waals surface area (Å²) in [5, 5.41) is 7.38. The number of nitrogens with two attached hydrogens (primary N) is 1. The van der Waals surface area contributed by atoms with Crippen LogP contribution in [0, 0.1) is 11.7 Å². The lowest BCUT2D eigenvalue weighted by Gasteiger charge is -2.15. The molecule has 3 amide bonds. The monoisotopic (exact) mass is 439 g/mol. The molecular weight excluding hydrogens is 417 g/mol. The molecule has 0 fully saturated rings. The fraction of sp³-hybridized carbons (Fsp3) is 0.174. The van der Waals surface area contributed by atoms with Crippen molar-refractivity contribution in [3.8, 4) is 0 Å². The van der Waals surface area contributed by atoms with Gasteiger partial charge in [0.05, 0.1) is 10.8 Å². The maximum Gasteiger partial charge on any atom is 0.261 e. The average Bonchev–Trinajstić information content (AvgIpc) is 3.31. The fourth-order valence-corrected chi connectivity index (χ4v) is 3.59. The van der Waals surface area contributed by atoms with Crippen molar-refractivity contribution in [2.24, 2.45) is 11.7 Å². The molecule has 0 spiro atoms. The number of amides is 3. The van der Waals surface area contributed by atoms with Gasteiger partial charge in [-0.1, -0.05) is 30.3 Å². The Kier molecular flexibility index (Phi) is 7.50. The molecule has 0 aliphatic heterocycles. The summed E-state index contributed by atoms with van der Waals surface area (Å²) in [7, 11) is 0. The Balaban J connectivity index is 1.51. The number of carbonyl (C=O) groups is 3. The third-order valence-corrected chi connectivity index (χ3v) is 5.59. The van der Waals surface area contributed by atoms with E-state index >= 15 is 0 Å². The summed E-state index contributed by atoms with van der Waals surface area (Å²) >= 11 is 1.37. The molecule has 1 aromatic heterocycles. The van der Waals surface area contributed by atoms with Crippen molar-refractivity contribution in [3.63, 3.8) is 0 Å². The normalized spacial score (nSPS) is 11.5. The minimum Gasteiger partial charge on any atom is -0.369 e. The van der Waals surface area contributed by atoms with Crippen LogP contribution in [-0.4, -0.2) is 24.3 Å². The van der Waals surface area contributed by atoms with E-state index in [1.807, 2.05) is 11.4 Å². The molecule has 4 N–H and O–H groups in total. The minimum absolute atomic E-state index is 0.0736. The van der Waals surface area contributed by atoms with Crippen LogP contribution in [0.15, 0.2) is 66.0 Å². The first-order valence-corrected chi connectivity index (χ1v) is 10.5. The number of thiophene rings is 1. The van der Waals surface area contributed by atoms with Gasteiger partial charge in [0.25, 0.3) is 11.8 Å².